The zero-order chi connectivity index (χ0) is 16.9. The van der Waals surface area contributed by atoms with Crippen molar-refractivity contribution < 1.29 is 9.47 Å². The summed E-state index contributed by atoms with van der Waals surface area (Å²) in [4.78, 5) is 0. The molecule has 0 fully saturated rings. The summed E-state index contributed by atoms with van der Waals surface area (Å²) in [6, 6.07) is 16.9. The van der Waals surface area contributed by atoms with Gasteiger partial charge in [-0.3, -0.25) is 0 Å². The molecule has 1 heterocycles. The van der Waals surface area contributed by atoms with Crippen molar-refractivity contribution >= 4 is 10.9 Å². The molecule has 3 rings (SSSR count). The summed E-state index contributed by atoms with van der Waals surface area (Å²) < 4.78 is 13.5. The van der Waals surface area contributed by atoms with Crippen LogP contribution in [0.5, 0.6) is 11.5 Å². The highest BCUT2D eigenvalue weighted by Gasteiger charge is 2.11. The van der Waals surface area contributed by atoms with Gasteiger partial charge in [-0.05, 0) is 60.9 Å². The molecule has 0 spiro atoms. The molecular formula is C21H25NO2. The van der Waals surface area contributed by atoms with Gasteiger partial charge in [-0.15, -0.1) is 0 Å². The van der Waals surface area contributed by atoms with E-state index in [1.54, 1.807) is 7.11 Å². The molecule has 0 N–H and O–H groups in total. The van der Waals surface area contributed by atoms with Crippen LogP contribution in [0.15, 0.2) is 48.5 Å². The van der Waals surface area contributed by atoms with E-state index < -0.39 is 0 Å². The summed E-state index contributed by atoms with van der Waals surface area (Å²) in [5.74, 6) is 1.83. The smallest absolute Gasteiger partial charge is 0.120 e. The third-order valence-corrected chi connectivity index (χ3v) is 4.18. The summed E-state index contributed by atoms with van der Waals surface area (Å²) in [6.07, 6.45) is 2.11. The van der Waals surface area contributed by atoms with Crippen molar-refractivity contribution in [1.29, 1.82) is 0 Å². The van der Waals surface area contributed by atoms with Crippen LogP contribution in [0.2, 0.25) is 0 Å². The highest BCUT2D eigenvalue weighted by atomic mass is 16.5. The maximum atomic E-state index is 5.69. The van der Waals surface area contributed by atoms with E-state index in [4.69, 9.17) is 9.47 Å². The lowest BCUT2D eigenvalue weighted by molar-refractivity contribution is 0.317. The normalized spacial score (nSPS) is 11.0. The van der Waals surface area contributed by atoms with Gasteiger partial charge in [0.1, 0.15) is 11.5 Å². The zero-order valence-corrected chi connectivity index (χ0v) is 14.7. The molecule has 0 atom stereocenters. The fourth-order valence-corrected chi connectivity index (χ4v) is 3.01. The van der Waals surface area contributed by atoms with Gasteiger partial charge in [0.2, 0.25) is 0 Å². The molecule has 2 aromatic carbocycles. The van der Waals surface area contributed by atoms with Crippen molar-refractivity contribution in [3.05, 3.63) is 48.5 Å². The van der Waals surface area contributed by atoms with Gasteiger partial charge in [-0.25, -0.2) is 0 Å². The van der Waals surface area contributed by atoms with Gasteiger partial charge < -0.3 is 14.0 Å². The zero-order valence-electron chi connectivity index (χ0n) is 14.7. The summed E-state index contributed by atoms with van der Waals surface area (Å²) in [7, 11) is 1.71. The summed E-state index contributed by atoms with van der Waals surface area (Å²) >= 11 is 0. The predicted octanol–water partition coefficient (Wildman–Crippen LogP) is 5.52. The van der Waals surface area contributed by atoms with Gasteiger partial charge in [0.25, 0.3) is 0 Å². The molecule has 0 aliphatic heterocycles. The number of benzene rings is 2. The number of ether oxygens (including phenoxy) is 2. The molecule has 0 saturated heterocycles. The molecule has 0 unspecified atom stereocenters. The molecule has 24 heavy (non-hydrogen) atoms. The molecule has 0 aliphatic carbocycles. The van der Waals surface area contributed by atoms with Crippen LogP contribution in [0.1, 0.15) is 26.7 Å². The molecule has 3 heteroatoms. The lowest BCUT2D eigenvalue weighted by Gasteiger charge is -2.11. The van der Waals surface area contributed by atoms with Crippen molar-refractivity contribution in [2.45, 2.75) is 33.2 Å². The molecule has 126 valence electrons. The highest BCUT2D eigenvalue weighted by Crippen LogP contribution is 2.31. The Labute approximate surface area is 143 Å². The van der Waals surface area contributed by atoms with E-state index in [-0.39, 0.29) is 0 Å². The van der Waals surface area contributed by atoms with Crippen LogP contribution in [0.25, 0.3) is 22.2 Å². The van der Waals surface area contributed by atoms with E-state index in [1.807, 2.05) is 6.07 Å². The largest absolute Gasteiger partial charge is 0.497 e. The van der Waals surface area contributed by atoms with E-state index in [0.717, 1.165) is 37.5 Å². The highest BCUT2D eigenvalue weighted by molar-refractivity contribution is 5.88. The number of methoxy groups -OCH3 is 1. The first-order valence-corrected chi connectivity index (χ1v) is 8.67. The van der Waals surface area contributed by atoms with Crippen LogP contribution in [-0.4, -0.2) is 18.3 Å². The molecule has 0 radical (unpaired) electrons. The first-order chi connectivity index (χ1) is 11.8. The number of rotatable bonds is 7. The van der Waals surface area contributed by atoms with Crippen molar-refractivity contribution in [1.82, 2.24) is 4.57 Å². The minimum absolute atomic E-state index is 0.759. The van der Waals surface area contributed by atoms with E-state index in [1.165, 1.54) is 22.2 Å². The van der Waals surface area contributed by atoms with E-state index in [9.17, 15) is 0 Å². The molecule has 1 aromatic heterocycles. The van der Waals surface area contributed by atoms with E-state index >= 15 is 0 Å². The van der Waals surface area contributed by atoms with Gasteiger partial charge in [-0.2, -0.15) is 0 Å². The molecular weight excluding hydrogens is 298 g/mol. The second-order valence-corrected chi connectivity index (χ2v) is 5.98. The SMILES string of the molecule is CCCOc1ccc(-c2cc3ccc(OC)cc3n2CCC)cc1. The Kier molecular flexibility index (Phi) is 5.09. The Balaban J connectivity index is 2.02. The third-order valence-electron chi connectivity index (χ3n) is 4.18. The predicted molar refractivity (Wildman–Crippen MR) is 100 cm³/mol. The fourth-order valence-electron chi connectivity index (χ4n) is 3.01. The van der Waals surface area contributed by atoms with Crippen molar-refractivity contribution in [2.75, 3.05) is 13.7 Å². The maximum Gasteiger partial charge on any atom is 0.120 e. The van der Waals surface area contributed by atoms with Gasteiger partial charge in [-0.1, -0.05) is 13.8 Å². The maximum absolute atomic E-state index is 5.69. The Morgan fingerprint density at radius 2 is 1.62 bits per heavy atom. The van der Waals surface area contributed by atoms with E-state index in [0.29, 0.717) is 0 Å². The number of aryl methyl sites for hydroxylation is 1. The van der Waals surface area contributed by atoms with Gasteiger partial charge in [0.05, 0.1) is 19.2 Å². The quantitative estimate of drug-likeness (QED) is 0.572. The van der Waals surface area contributed by atoms with Crippen molar-refractivity contribution in [3.63, 3.8) is 0 Å². The topological polar surface area (TPSA) is 23.4 Å². The second-order valence-electron chi connectivity index (χ2n) is 5.98. The van der Waals surface area contributed by atoms with Crippen LogP contribution in [0, 0.1) is 0 Å². The summed E-state index contributed by atoms with van der Waals surface area (Å²) in [5, 5.41) is 1.24. The van der Waals surface area contributed by atoms with Crippen LogP contribution in [-0.2, 0) is 6.54 Å². The third kappa shape index (κ3) is 3.25. The number of hydrogen-bond acceptors (Lipinski definition) is 2. The minimum Gasteiger partial charge on any atom is -0.497 e. The van der Waals surface area contributed by atoms with Crippen LogP contribution >= 0.6 is 0 Å². The first-order valence-electron chi connectivity index (χ1n) is 8.67. The number of hydrogen-bond donors (Lipinski definition) is 0. The Morgan fingerprint density at radius 3 is 2.29 bits per heavy atom. The summed E-state index contributed by atoms with van der Waals surface area (Å²) in [6.45, 7) is 6.07. The minimum atomic E-state index is 0.759. The van der Waals surface area contributed by atoms with Crippen LogP contribution in [0.3, 0.4) is 0 Å². The second kappa shape index (κ2) is 7.43. The van der Waals surface area contributed by atoms with Gasteiger partial charge >= 0.3 is 0 Å². The average Bonchev–Trinajstić information content (AvgIpc) is 2.98. The van der Waals surface area contributed by atoms with Gasteiger partial charge in [0.15, 0.2) is 0 Å². The van der Waals surface area contributed by atoms with Crippen molar-refractivity contribution in [3.8, 4) is 22.8 Å². The molecule has 0 amide bonds. The molecule has 0 saturated carbocycles. The molecule has 3 nitrogen and oxygen atoms in total. The van der Waals surface area contributed by atoms with Gasteiger partial charge in [0, 0.05) is 23.7 Å². The standard InChI is InChI=1S/C21H25NO2/c1-4-12-22-20(14-17-8-11-19(23-3)15-21(17)22)16-6-9-18(10-7-16)24-13-5-2/h6-11,14-15H,4-5,12-13H2,1-3H3. The summed E-state index contributed by atoms with van der Waals surface area (Å²) in [5.41, 5.74) is 3.67. The monoisotopic (exact) mass is 323 g/mol. The number of fused-ring (bicyclic) bond motifs is 1. The lowest BCUT2D eigenvalue weighted by atomic mass is 10.1. The first kappa shape index (κ1) is 16.4. The molecule has 0 bridgehead atoms. The Morgan fingerprint density at radius 1 is 0.875 bits per heavy atom. The van der Waals surface area contributed by atoms with E-state index in [2.05, 4.69) is 60.9 Å². The molecule has 0 aliphatic rings. The Hall–Kier alpha value is -2.42. The Bertz CT molecular complexity index is 803. The number of nitrogens with zero attached hydrogens (tertiary/aromatic N) is 1. The lowest BCUT2D eigenvalue weighted by Crippen LogP contribution is -1.99. The van der Waals surface area contributed by atoms with Crippen LogP contribution in [0.4, 0.5) is 0 Å². The average molecular weight is 323 g/mol. The fraction of sp³-hybridized carbons (Fsp3) is 0.333. The van der Waals surface area contributed by atoms with Crippen LogP contribution < -0.4 is 9.47 Å². The number of aromatic nitrogens is 1. The molecule has 3 aromatic rings. The van der Waals surface area contributed by atoms with Crippen molar-refractivity contribution in [2.24, 2.45) is 0 Å².